The fraction of sp³-hybridized carbons (Fsp3) is 0.550. The molecule has 28 heavy (non-hydrogen) atoms. The zero-order chi connectivity index (χ0) is 19.8. The van der Waals surface area contributed by atoms with Crippen LogP contribution in [0.3, 0.4) is 0 Å². The minimum Gasteiger partial charge on any atom is -0.380 e. The van der Waals surface area contributed by atoms with Crippen LogP contribution in [0.15, 0.2) is 34.1 Å². The first kappa shape index (κ1) is 20.8. The van der Waals surface area contributed by atoms with E-state index in [1.807, 2.05) is 11.9 Å². The molecule has 8 heteroatoms. The molecule has 3 rings (SSSR count). The SMILES string of the molecule is CN1CCN(SCCCCCCNc2c(Nc3ccncc3)c(=O)c2=O)CC1. The van der Waals surface area contributed by atoms with E-state index < -0.39 is 10.9 Å². The van der Waals surface area contributed by atoms with E-state index in [4.69, 9.17) is 0 Å². The number of aromatic nitrogens is 1. The van der Waals surface area contributed by atoms with Crippen LogP contribution >= 0.6 is 11.9 Å². The summed E-state index contributed by atoms with van der Waals surface area (Å²) in [5, 5.41) is 6.14. The number of piperazine rings is 1. The van der Waals surface area contributed by atoms with E-state index >= 15 is 0 Å². The first-order chi connectivity index (χ1) is 13.6. The Bertz CT molecular complexity index is 799. The fourth-order valence-corrected chi connectivity index (χ4v) is 4.18. The van der Waals surface area contributed by atoms with Crippen LogP contribution in [0.1, 0.15) is 25.7 Å². The van der Waals surface area contributed by atoms with E-state index in [-0.39, 0.29) is 0 Å². The highest BCUT2D eigenvalue weighted by Crippen LogP contribution is 2.20. The Morgan fingerprint density at radius 1 is 0.964 bits per heavy atom. The highest BCUT2D eigenvalue weighted by molar-refractivity contribution is 7.97. The van der Waals surface area contributed by atoms with Crippen LogP contribution in [0, 0.1) is 0 Å². The Morgan fingerprint density at radius 2 is 1.64 bits per heavy atom. The largest absolute Gasteiger partial charge is 0.380 e. The Kier molecular flexibility index (Phi) is 7.88. The highest BCUT2D eigenvalue weighted by Gasteiger charge is 2.20. The molecule has 0 saturated carbocycles. The molecule has 1 aromatic carbocycles. The van der Waals surface area contributed by atoms with Gasteiger partial charge in [-0.15, -0.1) is 0 Å². The smallest absolute Gasteiger partial charge is 0.253 e. The lowest BCUT2D eigenvalue weighted by molar-refractivity contribution is 0.233. The van der Waals surface area contributed by atoms with E-state index in [0.717, 1.165) is 44.7 Å². The minimum absolute atomic E-state index is 0.361. The van der Waals surface area contributed by atoms with Crippen LogP contribution in [0.2, 0.25) is 0 Å². The predicted molar refractivity (Wildman–Crippen MR) is 117 cm³/mol. The van der Waals surface area contributed by atoms with E-state index in [9.17, 15) is 9.59 Å². The molecule has 7 nitrogen and oxygen atoms in total. The van der Waals surface area contributed by atoms with E-state index in [2.05, 4.69) is 31.9 Å². The third-order valence-corrected chi connectivity index (χ3v) is 6.17. The Morgan fingerprint density at radius 3 is 2.39 bits per heavy atom. The quantitative estimate of drug-likeness (QED) is 0.336. The number of nitrogens with one attached hydrogen (secondary N) is 2. The van der Waals surface area contributed by atoms with Crippen molar-refractivity contribution in [3.8, 4) is 0 Å². The summed E-state index contributed by atoms with van der Waals surface area (Å²) in [6, 6.07) is 3.53. The highest BCUT2D eigenvalue weighted by atomic mass is 32.2. The van der Waals surface area contributed by atoms with Gasteiger partial charge in [0.15, 0.2) is 0 Å². The standard InChI is InChI=1S/C20H29N5O2S/c1-24-11-13-25(14-12-24)28-15-5-3-2-4-8-22-17-18(20(27)19(17)26)23-16-6-9-21-10-7-16/h6-7,9-10,22H,2-5,8,11-15H2,1H3,(H,21,23). The maximum Gasteiger partial charge on any atom is 0.253 e. The summed E-state index contributed by atoms with van der Waals surface area (Å²) in [5.41, 5.74) is 0.635. The van der Waals surface area contributed by atoms with Crippen molar-refractivity contribution < 1.29 is 0 Å². The molecular weight excluding hydrogens is 374 g/mol. The Hall–Kier alpha value is -1.90. The second-order valence-electron chi connectivity index (χ2n) is 7.18. The molecule has 0 radical (unpaired) electrons. The van der Waals surface area contributed by atoms with Crippen molar-refractivity contribution in [2.24, 2.45) is 0 Å². The van der Waals surface area contributed by atoms with E-state index in [1.54, 1.807) is 24.5 Å². The first-order valence-electron chi connectivity index (χ1n) is 9.96. The van der Waals surface area contributed by atoms with Crippen LogP contribution in [0.25, 0.3) is 0 Å². The number of anilines is 3. The van der Waals surface area contributed by atoms with Crippen LogP contribution in [0.5, 0.6) is 0 Å². The summed E-state index contributed by atoms with van der Waals surface area (Å²) in [5.74, 6) is 1.18. The summed E-state index contributed by atoms with van der Waals surface area (Å²) in [6.07, 6.45) is 7.81. The molecule has 152 valence electrons. The molecule has 1 saturated heterocycles. The molecule has 0 aliphatic carbocycles. The normalized spacial score (nSPS) is 15.8. The molecule has 0 bridgehead atoms. The maximum atomic E-state index is 11.8. The van der Waals surface area contributed by atoms with Gasteiger partial charge in [-0.1, -0.05) is 24.8 Å². The van der Waals surface area contributed by atoms with Crippen molar-refractivity contribution in [2.75, 3.05) is 56.2 Å². The summed E-state index contributed by atoms with van der Waals surface area (Å²) in [4.78, 5) is 29.9. The average molecular weight is 404 g/mol. The summed E-state index contributed by atoms with van der Waals surface area (Å²) < 4.78 is 2.48. The molecule has 2 aromatic rings. The summed E-state index contributed by atoms with van der Waals surface area (Å²) in [6.45, 7) is 5.34. The average Bonchev–Trinajstić information content (AvgIpc) is 2.73. The van der Waals surface area contributed by atoms with Gasteiger partial charge >= 0.3 is 0 Å². The zero-order valence-electron chi connectivity index (χ0n) is 16.4. The van der Waals surface area contributed by atoms with Gasteiger partial charge in [-0.3, -0.25) is 14.6 Å². The predicted octanol–water partition coefficient (Wildman–Crippen LogP) is 2.29. The van der Waals surface area contributed by atoms with Gasteiger partial charge in [-0.25, -0.2) is 4.31 Å². The van der Waals surface area contributed by atoms with Gasteiger partial charge in [0.25, 0.3) is 10.9 Å². The van der Waals surface area contributed by atoms with Crippen molar-refractivity contribution in [3.63, 3.8) is 0 Å². The first-order valence-corrected chi connectivity index (χ1v) is 10.9. The number of likely N-dealkylation sites (N-methyl/N-ethyl adjacent to an activating group) is 1. The van der Waals surface area contributed by atoms with Gasteiger partial charge in [0.1, 0.15) is 11.4 Å². The molecule has 0 atom stereocenters. The third-order valence-electron chi connectivity index (χ3n) is 4.97. The van der Waals surface area contributed by atoms with Gasteiger partial charge in [0.05, 0.1) is 0 Å². The molecule has 2 heterocycles. The molecule has 1 aliphatic heterocycles. The van der Waals surface area contributed by atoms with E-state index in [0.29, 0.717) is 17.9 Å². The number of pyridine rings is 1. The Balaban J connectivity index is 1.28. The lowest BCUT2D eigenvalue weighted by Gasteiger charge is -2.31. The zero-order valence-corrected chi connectivity index (χ0v) is 17.3. The third kappa shape index (κ3) is 5.80. The lowest BCUT2D eigenvalue weighted by atomic mass is 10.1. The topological polar surface area (TPSA) is 77.6 Å². The molecule has 0 amide bonds. The van der Waals surface area contributed by atoms with Crippen molar-refractivity contribution >= 4 is 29.0 Å². The molecule has 0 unspecified atom stereocenters. The van der Waals surface area contributed by atoms with Crippen LogP contribution in [-0.2, 0) is 0 Å². The molecule has 1 aromatic heterocycles. The monoisotopic (exact) mass is 403 g/mol. The Labute approximate surface area is 170 Å². The molecule has 0 spiro atoms. The van der Waals surface area contributed by atoms with Crippen LogP contribution in [-0.4, -0.2) is 59.7 Å². The molecular formula is C20H29N5O2S. The van der Waals surface area contributed by atoms with Gasteiger partial charge < -0.3 is 15.5 Å². The molecule has 1 aliphatic rings. The van der Waals surface area contributed by atoms with Gasteiger partial charge in [0, 0.05) is 56.6 Å². The number of nitrogens with zero attached hydrogens (tertiary/aromatic N) is 3. The lowest BCUT2D eigenvalue weighted by Crippen LogP contribution is -2.41. The maximum absolute atomic E-state index is 11.8. The summed E-state index contributed by atoms with van der Waals surface area (Å²) in [7, 11) is 2.18. The van der Waals surface area contributed by atoms with Crippen molar-refractivity contribution in [1.82, 2.24) is 14.2 Å². The van der Waals surface area contributed by atoms with Crippen LogP contribution < -0.4 is 21.5 Å². The summed E-state index contributed by atoms with van der Waals surface area (Å²) >= 11 is 1.97. The molecule has 2 N–H and O–H groups in total. The number of unbranched alkanes of at least 4 members (excludes halogenated alkanes) is 3. The van der Waals surface area contributed by atoms with Crippen LogP contribution in [0.4, 0.5) is 17.1 Å². The molecule has 1 fully saturated rings. The van der Waals surface area contributed by atoms with E-state index in [1.165, 1.54) is 18.6 Å². The van der Waals surface area contributed by atoms with Crippen molar-refractivity contribution in [2.45, 2.75) is 25.7 Å². The number of rotatable bonds is 11. The number of hydrogen-bond acceptors (Lipinski definition) is 8. The van der Waals surface area contributed by atoms with Gasteiger partial charge in [-0.2, -0.15) is 0 Å². The fourth-order valence-electron chi connectivity index (χ4n) is 3.16. The second kappa shape index (κ2) is 10.6. The van der Waals surface area contributed by atoms with Gasteiger partial charge in [-0.05, 0) is 32.0 Å². The van der Waals surface area contributed by atoms with Crippen molar-refractivity contribution in [1.29, 1.82) is 0 Å². The van der Waals surface area contributed by atoms with Gasteiger partial charge in [0.2, 0.25) is 0 Å². The van der Waals surface area contributed by atoms with Crippen molar-refractivity contribution in [3.05, 3.63) is 45.0 Å². The number of hydrogen-bond donors (Lipinski definition) is 2. The second-order valence-corrected chi connectivity index (χ2v) is 8.36. The minimum atomic E-state index is -0.458.